The number of nitrogens with zero attached hydrogens (tertiary/aromatic N) is 5. The van der Waals surface area contributed by atoms with Crippen LogP contribution in [0.25, 0.3) is 10.9 Å². The Morgan fingerprint density at radius 3 is 2.78 bits per heavy atom. The third kappa shape index (κ3) is 3.94. The number of aromatic nitrogens is 3. The highest BCUT2D eigenvalue weighted by molar-refractivity contribution is 5.93. The summed E-state index contributed by atoms with van der Waals surface area (Å²) in [5.41, 5.74) is 2.14. The topological polar surface area (TPSA) is 97.1 Å². The number of pyridine rings is 1. The molecular weight excluding hydrogens is 344 g/mol. The van der Waals surface area contributed by atoms with E-state index >= 15 is 0 Å². The summed E-state index contributed by atoms with van der Waals surface area (Å²) < 4.78 is 0. The van der Waals surface area contributed by atoms with Crippen LogP contribution in [0.15, 0.2) is 36.7 Å². The minimum Gasteiger partial charge on any atom is -0.354 e. The number of unbranched alkanes of at least 4 members (excludes halogenated alkanes) is 1. The van der Waals surface area contributed by atoms with Gasteiger partial charge in [0.05, 0.1) is 16.1 Å². The summed E-state index contributed by atoms with van der Waals surface area (Å²) in [6.45, 7) is 4.66. The van der Waals surface area contributed by atoms with Crippen LogP contribution in [-0.2, 0) is 0 Å². The van der Waals surface area contributed by atoms with Crippen molar-refractivity contribution in [1.82, 2.24) is 15.0 Å². The minimum atomic E-state index is -0.441. The molecule has 0 fully saturated rings. The van der Waals surface area contributed by atoms with Crippen molar-refractivity contribution in [3.8, 4) is 0 Å². The second kappa shape index (κ2) is 7.94. The van der Waals surface area contributed by atoms with Crippen molar-refractivity contribution in [2.45, 2.75) is 26.7 Å². The molecule has 27 heavy (non-hydrogen) atoms. The van der Waals surface area contributed by atoms with E-state index in [0.717, 1.165) is 29.4 Å². The monoisotopic (exact) mass is 366 g/mol. The zero-order valence-electron chi connectivity index (χ0n) is 15.6. The van der Waals surface area contributed by atoms with E-state index in [9.17, 15) is 10.1 Å². The third-order valence-electron chi connectivity index (χ3n) is 4.31. The third-order valence-corrected chi connectivity index (χ3v) is 4.31. The Bertz CT molecular complexity index is 976. The second-order valence-electron chi connectivity index (χ2n) is 6.38. The quantitative estimate of drug-likeness (QED) is 0.494. The van der Waals surface area contributed by atoms with E-state index in [1.54, 1.807) is 11.9 Å². The molecule has 0 aliphatic heterocycles. The number of benzene rings is 1. The van der Waals surface area contributed by atoms with Crippen molar-refractivity contribution in [3.05, 3.63) is 52.5 Å². The largest absolute Gasteiger partial charge is 0.354 e. The Labute approximate surface area is 157 Å². The molecular formula is C19H22N6O2. The van der Waals surface area contributed by atoms with Crippen molar-refractivity contribution in [2.24, 2.45) is 0 Å². The average Bonchev–Trinajstić information content (AvgIpc) is 2.66. The zero-order valence-corrected chi connectivity index (χ0v) is 15.6. The number of rotatable bonds is 7. The van der Waals surface area contributed by atoms with E-state index in [-0.39, 0.29) is 11.5 Å². The Hall–Kier alpha value is -3.29. The van der Waals surface area contributed by atoms with Crippen LogP contribution in [0.4, 0.5) is 23.0 Å². The van der Waals surface area contributed by atoms with Crippen LogP contribution in [0.5, 0.6) is 0 Å². The highest BCUT2D eigenvalue weighted by Gasteiger charge is 2.26. The van der Waals surface area contributed by atoms with Crippen LogP contribution in [0.1, 0.15) is 25.5 Å². The highest BCUT2D eigenvalue weighted by atomic mass is 16.6. The summed E-state index contributed by atoms with van der Waals surface area (Å²) in [7, 11) is 1.80. The number of hydrogen-bond acceptors (Lipinski definition) is 7. The number of para-hydroxylation sites is 1. The van der Waals surface area contributed by atoms with Gasteiger partial charge in [0.25, 0.3) is 0 Å². The van der Waals surface area contributed by atoms with E-state index in [2.05, 4.69) is 27.2 Å². The maximum atomic E-state index is 11.8. The van der Waals surface area contributed by atoms with Gasteiger partial charge < -0.3 is 10.2 Å². The van der Waals surface area contributed by atoms with Gasteiger partial charge in [-0.25, -0.2) is 9.97 Å². The standard InChI is InChI=1S/C19H22N6O2/c1-4-5-11-24(3)19-17(25(26)27)18(20-12-21-19)23-15-8-6-7-14-10-9-13(2)22-16(14)15/h6-10,12H,4-5,11H2,1-3H3,(H,20,21,23). The van der Waals surface area contributed by atoms with Crippen molar-refractivity contribution < 1.29 is 4.92 Å². The molecule has 0 amide bonds. The Balaban J connectivity index is 2.05. The number of aryl methyl sites for hydroxylation is 1. The molecule has 3 rings (SSSR count). The summed E-state index contributed by atoms with van der Waals surface area (Å²) >= 11 is 0. The van der Waals surface area contributed by atoms with Gasteiger partial charge in [-0.2, -0.15) is 0 Å². The number of fused-ring (bicyclic) bond motifs is 1. The van der Waals surface area contributed by atoms with Crippen LogP contribution in [-0.4, -0.2) is 33.5 Å². The molecule has 8 nitrogen and oxygen atoms in total. The Morgan fingerprint density at radius 2 is 2.04 bits per heavy atom. The van der Waals surface area contributed by atoms with Crippen LogP contribution in [0, 0.1) is 17.0 Å². The van der Waals surface area contributed by atoms with E-state index in [4.69, 9.17) is 0 Å². The molecule has 0 bridgehead atoms. The van der Waals surface area contributed by atoms with Crippen LogP contribution >= 0.6 is 0 Å². The van der Waals surface area contributed by atoms with Crippen molar-refractivity contribution in [3.63, 3.8) is 0 Å². The number of nitrogens with one attached hydrogen (secondary N) is 1. The van der Waals surface area contributed by atoms with Crippen molar-refractivity contribution in [1.29, 1.82) is 0 Å². The molecule has 0 saturated carbocycles. The predicted octanol–water partition coefficient (Wildman–Crippen LogP) is 4.22. The molecule has 0 atom stereocenters. The first kappa shape index (κ1) is 18.5. The number of nitro groups is 1. The van der Waals surface area contributed by atoms with E-state index in [1.165, 1.54) is 6.33 Å². The molecule has 2 heterocycles. The van der Waals surface area contributed by atoms with Gasteiger partial charge in [-0.05, 0) is 25.5 Å². The fourth-order valence-electron chi connectivity index (χ4n) is 2.88. The molecule has 0 aliphatic carbocycles. The maximum Gasteiger partial charge on any atom is 0.353 e. The normalized spacial score (nSPS) is 10.8. The smallest absolute Gasteiger partial charge is 0.353 e. The van der Waals surface area contributed by atoms with E-state index < -0.39 is 4.92 Å². The van der Waals surface area contributed by atoms with Gasteiger partial charge in [0, 0.05) is 24.7 Å². The molecule has 0 radical (unpaired) electrons. The lowest BCUT2D eigenvalue weighted by Gasteiger charge is -2.18. The first-order valence-corrected chi connectivity index (χ1v) is 8.85. The zero-order chi connectivity index (χ0) is 19.4. The van der Waals surface area contributed by atoms with Gasteiger partial charge >= 0.3 is 5.69 Å². The minimum absolute atomic E-state index is 0.138. The molecule has 2 aromatic heterocycles. The summed E-state index contributed by atoms with van der Waals surface area (Å²) in [5, 5.41) is 15.8. The van der Waals surface area contributed by atoms with Gasteiger partial charge in [-0.15, -0.1) is 0 Å². The number of anilines is 3. The average molecular weight is 366 g/mol. The second-order valence-corrected chi connectivity index (χ2v) is 6.38. The van der Waals surface area contributed by atoms with E-state index in [1.807, 2.05) is 37.3 Å². The summed E-state index contributed by atoms with van der Waals surface area (Å²) in [5.74, 6) is 0.458. The van der Waals surface area contributed by atoms with Crippen LogP contribution in [0.2, 0.25) is 0 Å². The molecule has 0 unspecified atom stereocenters. The molecule has 1 aromatic carbocycles. The molecule has 0 aliphatic rings. The van der Waals surface area contributed by atoms with Gasteiger partial charge in [0.2, 0.25) is 11.6 Å². The number of hydrogen-bond donors (Lipinski definition) is 1. The van der Waals surface area contributed by atoms with E-state index in [0.29, 0.717) is 18.1 Å². The summed E-state index contributed by atoms with van der Waals surface area (Å²) in [6, 6.07) is 9.57. The van der Waals surface area contributed by atoms with Crippen LogP contribution < -0.4 is 10.2 Å². The van der Waals surface area contributed by atoms with Gasteiger partial charge in [0.15, 0.2) is 0 Å². The van der Waals surface area contributed by atoms with Gasteiger partial charge in [0.1, 0.15) is 6.33 Å². The fourth-order valence-corrected chi connectivity index (χ4v) is 2.88. The highest BCUT2D eigenvalue weighted by Crippen LogP contribution is 2.34. The molecule has 0 saturated heterocycles. The van der Waals surface area contributed by atoms with Gasteiger partial charge in [-0.3, -0.25) is 15.1 Å². The van der Waals surface area contributed by atoms with Crippen molar-refractivity contribution in [2.75, 3.05) is 23.8 Å². The maximum absolute atomic E-state index is 11.8. The molecule has 8 heteroatoms. The Morgan fingerprint density at radius 1 is 1.22 bits per heavy atom. The molecule has 0 spiro atoms. The summed E-state index contributed by atoms with van der Waals surface area (Å²) in [4.78, 5) is 26.0. The molecule has 1 N–H and O–H groups in total. The fraction of sp³-hybridized carbons (Fsp3) is 0.316. The lowest BCUT2D eigenvalue weighted by molar-refractivity contribution is -0.383. The lowest BCUT2D eigenvalue weighted by Crippen LogP contribution is -2.21. The summed E-state index contributed by atoms with van der Waals surface area (Å²) in [6.07, 6.45) is 3.26. The van der Waals surface area contributed by atoms with Crippen LogP contribution in [0.3, 0.4) is 0 Å². The Kier molecular flexibility index (Phi) is 5.44. The first-order valence-electron chi connectivity index (χ1n) is 8.85. The molecule has 140 valence electrons. The SMILES string of the molecule is CCCCN(C)c1ncnc(Nc2cccc3ccc(C)nc23)c1[N+](=O)[O-]. The van der Waals surface area contributed by atoms with Gasteiger partial charge in [-0.1, -0.05) is 31.5 Å². The van der Waals surface area contributed by atoms with Crippen molar-refractivity contribution >= 4 is 33.9 Å². The molecule has 3 aromatic rings. The lowest BCUT2D eigenvalue weighted by atomic mass is 10.1. The predicted molar refractivity (Wildman–Crippen MR) is 107 cm³/mol. The first-order chi connectivity index (χ1) is 13.0.